The van der Waals surface area contributed by atoms with Crippen molar-refractivity contribution in [1.82, 2.24) is 0 Å². The standard InChI is InChI=1S/C17H13ClN2O5/c18-13-4-2-5-14(10-13)19-16(21)11-25-17(22)8-7-12-3-1-6-15(9-12)20(23)24/h1-10H,11H2,(H,19,21)/b8-7+. The molecule has 0 radical (unpaired) electrons. The fourth-order valence-corrected chi connectivity index (χ4v) is 2.04. The van der Waals surface area contributed by atoms with Crippen molar-refractivity contribution in [2.75, 3.05) is 11.9 Å². The summed E-state index contributed by atoms with van der Waals surface area (Å²) in [5.41, 5.74) is 0.867. The van der Waals surface area contributed by atoms with Gasteiger partial charge in [0.05, 0.1) is 4.92 Å². The first-order valence-electron chi connectivity index (χ1n) is 7.09. The number of nitrogens with one attached hydrogen (secondary N) is 1. The first-order valence-corrected chi connectivity index (χ1v) is 7.46. The summed E-state index contributed by atoms with van der Waals surface area (Å²) in [7, 11) is 0. The molecular formula is C17H13ClN2O5. The molecule has 0 unspecified atom stereocenters. The minimum Gasteiger partial charge on any atom is -0.452 e. The molecule has 0 bridgehead atoms. The highest BCUT2D eigenvalue weighted by atomic mass is 35.5. The van der Waals surface area contributed by atoms with Gasteiger partial charge in [-0.2, -0.15) is 0 Å². The maximum Gasteiger partial charge on any atom is 0.331 e. The van der Waals surface area contributed by atoms with Crippen LogP contribution in [0.1, 0.15) is 5.56 Å². The Morgan fingerprint density at radius 1 is 1.20 bits per heavy atom. The maximum absolute atomic E-state index is 11.7. The molecule has 0 fully saturated rings. The van der Waals surface area contributed by atoms with Gasteiger partial charge in [-0.25, -0.2) is 4.79 Å². The quantitative estimate of drug-likeness (QED) is 0.368. The zero-order valence-electron chi connectivity index (χ0n) is 12.8. The molecule has 0 atom stereocenters. The summed E-state index contributed by atoms with van der Waals surface area (Å²) in [6, 6.07) is 12.3. The molecule has 2 aromatic carbocycles. The number of nitrogens with zero attached hydrogens (tertiary/aromatic N) is 1. The van der Waals surface area contributed by atoms with E-state index in [1.54, 1.807) is 30.3 Å². The van der Waals surface area contributed by atoms with Crippen molar-refractivity contribution >= 4 is 40.9 Å². The third-order valence-electron chi connectivity index (χ3n) is 2.95. The molecule has 7 nitrogen and oxygen atoms in total. The zero-order valence-corrected chi connectivity index (χ0v) is 13.6. The van der Waals surface area contributed by atoms with Crippen molar-refractivity contribution in [3.63, 3.8) is 0 Å². The topological polar surface area (TPSA) is 98.5 Å². The van der Waals surface area contributed by atoms with Gasteiger partial charge in [0.15, 0.2) is 6.61 Å². The molecule has 0 aliphatic heterocycles. The number of carbonyl (C=O) groups excluding carboxylic acids is 2. The van der Waals surface area contributed by atoms with Gasteiger partial charge in [0.1, 0.15) is 0 Å². The Kier molecular flexibility index (Phi) is 6.25. The Balaban J connectivity index is 1.84. The fraction of sp³-hybridized carbons (Fsp3) is 0.0588. The number of amides is 1. The molecule has 25 heavy (non-hydrogen) atoms. The Morgan fingerprint density at radius 3 is 2.68 bits per heavy atom. The second-order valence-electron chi connectivity index (χ2n) is 4.85. The molecule has 0 saturated carbocycles. The van der Waals surface area contributed by atoms with Gasteiger partial charge in [0, 0.05) is 28.9 Å². The van der Waals surface area contributed by atoms with Gasteiger partial charge in [0.2, 0.25) is 0 Å². The van der Waals surface area contributed by atoms with Crippen molar-refractivity contribution < 1.29 is 19.2 Å². The van der Waals surface area contributed by atoms with Crippen LogP contribution in [0.3, 0.4) is 0 Å². The Hall–Kier alpha value is -3.19. The van der Waals surface area contributed by atoms with Crippen LogP contribution in [0.15, 0.2) is 54.6 Å². The van der Waals surface area contributed by atoms with Crippen LogP contribution in [-0.4, -0.2) is 23.4 Å². The molecule has 0 saturated heterocycles. The number of anilines is 1. The van der Waals surface area contributed by atoms with Gasteiger partial charge < -0.3 is 10.1 Å². The van der Waals surface area contributed by atoms with Crippen molar-refractivity contribution in [2.45, 2.75) is 0 Å². The Labute approximate surface area is 148 Å². The Morgan fingerprint density at radius 2 is 1.96 bits per heavy atom. The average Bonchev–Trinajstić information content (AvgIpc) is 2.58. The number of hydrogen-bond acceptors (Lipinski definition) is 5. The van der Waals surface area contributed by atoms with Gasteiger partial charge in [-0.15, -0.1) is 0 Å². The number of halogens is 1. The van der Waals surface area contributed by atoms with Crippen LogP contribution in [0.4, 0.5) is 11.4 Å². The summed E-state index contributed by atoms with van der Waals surface area (Å²) >= 11 is 5.80. The number of esters is 1. The summed E-state index contributed by atoms with van der Waals surface area (Å²) in [5.74, 6) is -1.26. The van der Waals surface area contributed by atoms with Gasteiger partial charge in [-0.05, 0) is 29.8 Å². The van der Waals surface area contributed by atoms with Crippen LogP contribution in [0.25, 0.3) is 6.08 Å². The Bertz CT molecular complexity index is 835. The first-order chi connectivity index (χ1) is 11.9. The third kappa shape index (κ3) is 6.08. The number of hydrogen-bond donors (Lipinski definition) is 1. The minimum atomic E-state index is -0.743. The number of rotatable bonds is 6. The molecule has 2 aromatic rings. The smallest absolute Gasteiger partial charge is 0.331 e. The van der Waals surface area contributed by atoms with E-state index in [2.05, 4.69) is 5.32 Å². The monoisotopic (exact) mass is 360 g/mol. The lowest BCUT2D eigenvalue weighted by atomic mass is 10.2. The van der Waals surface area contributed by atoms with E-state index in [4.69, 9.17) is 16.3 Å². The highest BCUT2D eigenvalue weighted by molar-refractivity contribution is 6.30. The van der Waals surface area contributed by atoms with E-state index in [1.807, 2.05) is 0 Å². The van der Waals surface area contributed by atoms with Crippen molar-refractivity contribution in [1.29, 1.82) is 0 Å². The van der Waals surface area contributed by atoms with Gasteiger partial charge in [-0.3, -0.25) is 14.9 Å². The normalized spacial score (nSPS) is 10.4. The van der Waals surface area contributed by atoms with Crippen LogP contribution < -0.4 is 5.32 Å². The van der Waals surface area contributed by atoms with Crippen LogP contribution in [0, 0.1) is 10.1 Å². The number of ether oxygens (including phenoxy) is 1. The lowest BCUT2D eigenvalue weighted by molar-refractivity contribution is -0.384. The van der Waals surface area contributed by atoms with E-state index in [0.717, 1.165) is 6.08 Å². The second kappa shape index (κ2) is 8.60. The van der Waals surface area contributed by atoms with Gasteiger partial charge in [-0.1, -0.05) is 29.8 Å². The molecule has 8 heteroatoms. The molecular weight excluding hydrogens is 348 g/mol. The van der Waals surface area contributed by atoms with E-state index >= 15 is 0 Å². The summed E-state index contributed by atoms with van der Waals surface area (Å²) in [4.78, 5) is 33.4. The van der Waals surface area contributed by atoms with Crippen LogP contribution in [0.5, 0.6) is 0 Å². The first kappa shape index (κ1) is 18.2. The second-order valence-corrected chi connectivity index (χ2v) is 5.29. The molecule has 0 aliphatic carbocycles. The molecule has 0 spiro atoms. The molecule has 1 N–H and O–H groups in total. The van der Waals surface area contributed by atoms with E-state index in [-0.39, 0.29) is 5.69 Å². The number of benzene rings is 2. The predicted octanol–water partition coefficient (Wildman–Crippen LogP) is 3.44. The summed E-state index contributed by atoms with van der Waals surface area (Å²) in [6.45, 7) is -0.468. The molecule has 0 heterocycles. The largest absolute Gasteiger partial charge is 0.452 e. The summed E-state index contributed by atoms with van der Waals surface area (Å²) in [5, 5.41) is 13.7. The molecule has 1 amide bonds. The molecule has 0 aliphatic rings. The van der Waals surface area contributed by atoms with E-state index < -0.39 is 23.4 Å². The highest BCUT2D eigenvalue weighted by Gasteiger charge is 2.07. The zero-order chi connectivity index (χ0) is 18.2. The summed E-state index contributed by atoms with van der Waals surface area (Å²) < 4.78 is 4.80. The predicted molar refractivity (Wildman–Crippen MR) is 93.2 cm³/mol. The van der Waals surface area contributed by atoms with Crippen LogP contribution in [0.2, 0.25) is 5.02 Å². The third-order valence-corrected chi connectivity index (χ3v) is 3.18. The maximum atomic E-state index is 11.7. The number of nitro benzene ring substituents is 1. The van der Waals surface area contributed by atoms with E-state index in [9.17, 15) is 19.7 Å². The van der Waals surface area contributed by atoms with Crippen molar-refractivity contribution in [2.24, 2.45) is 0 Å². The van der Waals surface area contributed by atoms with Crippen LogP contribution >= 0.6 is 11.6 Å². The lowest BCUT2D eigenvalue weighted by Crippen LogP contribution is -2.20. The van der Waals surface area contributed by atoms with Gasteiger partial charge >= 0.3 is 5.97 Å². The minimum absolute atomic E-state index is 0.0867. The van der Waals surface area contributed by atoms with Crippen LogP contribution in [-0.2, 0) is 14.3 Å². The molecule has 0 aromatic heterocycles. The number of nitro groups is 1. The van der Waals surface area contributed by atoms with Gasteiger partial charge in [0.25, 0.3) is 11.6 Å². The average molecular weight is 361 g/mol. The number of carbonyl (C=O) groups is 2. The van der Waals surface area contributed by atoms with E-state index in [1.165, 1.54) is 24.3 Å². The highest BCUT2D eigenvalue weighted by Crippen LogP contribution is 2.15. The van der Waals surface area contributed by atoms with Crippen molar-refractivity contribution in [3.05, 3.63) is 75.3 Å². The van der Waals surface area contributed by atoms with E-state index in [0.29, 0.717) is 16.3 Å². The number of non-ortho nitro benzene ring substituents is 1. The summed E-state index contributed by atoms with van der Waals surface area (Å²) in [6.07, 6.45) is 2.45. The fourth-order valence-electron chi connectivity index (χ4n) is 1.85. The lowest BCUT2D eigenvalue weighted by Gasteiger charge is -2.05. The van der Waals surface area contributed by atoms with Crippen molar-refractivity contribution in [3.8, 4) is 0 Å². The SMILES string of the molecule is O=C(COC(=O)/C=C/c1cccc([N+](=O)[O-])c1)Nc1cccc(Cl)c1. The molecule has 2 rings (SSSR count). The molecule has 128 valence electrons.